The SMILES string of the molecule is C=CC(=O)Nc1ccc(-c2c3c4c(ncnc4n2C)NCc2cc(C(=O)N4CCC[C@H]4COC)ccc2-3)cc1. The van der Waals surface area contributed by atoms with E-state index < -0.39 is 0 Å². The van der Waals surface area contributed by atoms with E-state index >= 15 is 0 Å². The topological polar surface area (TPSA) is 101 Å². The van der Waals surface area contributed by atoms with Gasteiger partial charge in [0.05, 0.1) is 23.7 Å². The molecule has 0 radical (unpaired) electrons. The summed E-state index contributed by atoms with van der Waals surface area (Å²) in [6.45, 7) is 5.34. The molecular formula is C30H30N6O3. The third-order valence-corrected chi connectivity index (χ3v) is 7.64. The summed E-state index contributed by atoms with van der Waals surface area (Å²) in [5, 5.41) is 7.21. The van der Waals surface area contributed by atoms with Gasteiger partial charge in [-0.1, -0.05) is 24.8 Å². The lowest BCUT2D eigenvalue weighted by Gasteiger charge is -2.24. The Morgan fingerprint density at radius 2 is 2.03 bits per heavy atom. The predicted molar refractivity (Wildman–Crippen MR) is 151 cm³/mol. The van der Waals surface area contributed by atoms with E-state index in [-0.39, 0.29) is 17.9 Å². The Labute approximate surface area is 226 Å². The van der Waals surface area contributed by atoms with Crippen molar-refractivity contribution < 1.29 is 14.3 Å². The van der Waals surface area contributed by atoms with Gasteiger partial charge in [0.25, 0.3) is 5.91 Å². The first-order chi connectivity index (χ1) is 19.0. The molecule has 1 saturated heterocycles. The van der Waals surface area contributed by atoms with Crippen LogP contribution in [0.3, 0.4) is 0 Å². The standard InChI is InChI=1S/C30H30N6O3/c1-4-24(37)34-21-10-7-18(8-11-21)27-25-23-12-9-19(30(38)36-13-5-6-22(36)16-39-3)14-20(23)15-31-28-26(25)29(35(27)2)33-17-32-28/h4,7-12,14,17,22H,1,5-6,13,15-16H2,2-3H3,(H,34,37)(H,31,32,33)/t22-/m0/s1. The van der Waals surface area contributed by atoms with Crippen LogP contribution in [0.25, 0.3) is 33.4 Å². The number of hydrogen-bond donors (Lipinski definition) is 2. The van der Waals surface area contributed by atoms with Gasteiger partial charge in [0.1, 0.15) is 17.8 Å². The van der Waals surface area contributed by atoms with Crippen molar-refractivity contribution in [2.24, 2.45) is 7.05 Å². The maximum Gasteiger partial charge on any atom is 0.254 e. The number of amides is 2. The van der Waals surface area contributed by atoms with E-state index in [2.05, 4.69) is 31.7 Å². The number of aryl methyl sites for hydroxylation is 1. The molecule has 0 aliphatic carbocycles. The zero-order valence-electron chi connectivity index (χ0n) is 22.0. The molecule has 0 unspecified atom stereocenters. The average Bonchev–Trinajstić information content (AvgIpc) is 3.49. The molecule has 9 nitrogen and oxygen atoms in total. The number of hydrogen-bond acceptors (Lipinski definition) is 6. The fourth-order valence-corrected chi connectivity index (χ4v) is 5.82. The van der Waals surface area contributed by atoms with Crippen molar-refractivity contribution >= 4 is 34.4 Å². The first-order valence-electron chi connectivity index (χ1n) is 13.0. The summed E-state index contributed by atoms with van der Waals surface area (Å²) in [5.74, 6) is 0.539. The van der Waals surface area contributed by atoms with Crippen molar-refractivity contribution in [1.29, 1.82) is 0 Å². The van der Waals surface area contributed by atoms with Crippen LogP contribution in [0, 0.1) is 0 Å². The molecule has 2 aliphatic heterocycles. The molecule has 2 amide bonds. The highest BCUT2D eigenvalue weighted by molar-refractivity contribution is 6.10. The number of nitrogens with zero attached hydrogens (tertiary/aromatic N) is 4. The van der Waals surface area contributed by atoms with Crippen LogP contribution in [0.15, 0.2) is 61.4 Å². The van der Waals surface area contributed by atoms with Crippen molar-refractivity contribution in [3.8, 4) is 22.4 Å². The Balaban J connectivity index is 1.45. The highest BCUT2D eigenvalue weighted by Gasteiger charge is 2.31. The van der Waals surface area contributed by atoms with E-state index in [0.29, 0.717) is 24.4 Å². The molecule has 2 aliphatic rings. The van der Waals surface area contributed by atoms with E-state index in [4.69, 9.17) is 4.74 Å². The molecule has 2 aromatic carbocycles. The van der Waals surface area contributed by atoms with Gasteiger partial charge >= 0.3 is 0 Å². The number of rotatable bonds is 6. The van der Waals surface area contributed by atoms with Crippen molar-refractivity contribution in [3.05, 3.63) is 72.6 Å². The number of benzene rings is 2. The Kier molecular flexibility index (Phi) is 6.36. The van der Waals surface area contributed by atoms with E-state index in [9.17, 15) is 9.59 Å². The highest BCUT2D eigenvalue weighted by Crippen LogP contribution is 2.45. The number of carbonyl (C=O) groups excluding carboxylic acids is 2. The molecule has 0 saturated carbocycles. The largest absolute Gasteiger partial charge is 0.383 e. The molecule has 6 rings (SSSR count). The van der Waals surface area contributed by atoms with E-state index in [1.807, 2.05) is 54.4 Å². The summed E-state index contributed by atoms with van der Waals surface area (Å²) in [4.78, 5) is 36.4. The van der Waals surface area contributed by atoms with Crippen LogP contribution in [0.1, 0.15) is 28.8 Å². The maximum atomic E-state index is 13.5. The smallest absolute Gasteiger partial charge is 0.254 e. The molecule has 0 spiro atoms. The van der Waals surface area contributed by atoms with Gasteiger partial charge < -0.3 is 24.8 Å². The molecule has 198 valence electrons. The van der Waals surface area contributed by atoms with Gasteiger partial charge in [-0.2, -0.15) is 0 Å². The van der Waals surface area contributed by atoms with Crippen LogP contribution in [0.5, 0.6) is 0 Å². The number of fused-ring (bicyclic) bond motifs is 2. The number of ether oxygens (including phenoxy) is 1. The van der Waals surface area contributed by atoms with Gasteiger partial charge in [0.2, 0.25) is 5.91 Å². The fraction of sp³-hybridized carbons (Fsp3) is 0.267. The molecule has 1 fully saturated rings. The molecule has 39 heavy (non-hydrogen) atoms. The maximum absolute atomic E-state index is 13.5. The average molecular weight is 523 g/mol. The van der Waals surface area contributed by atoms with Crippen LogP contribution in [-0.4, -0.2) is 57.6 Å². The van der Waals surface area contributed by atoms with Crippen LogP contribution < -0.4 is 10.6 Å². The third kappa shape index (κ3) is 4.24. The second-order valence-corrected chi connectivity index (χ2v) is 9.95. The van der Waals surface area contributed by atoms with Gasteiger partial charge in [-0.25, -0.2) is 9.97 Å². The molecule has 4 aromatic rings. The molecular weight excluding hydrogens is 492 g/mol. The van der Waals surface area contributed by atoms with Crippen molar-refractivity contribution in [1.82, 2.24) is 19.4 Å². The number of anilines is 2. The molecule has 4 heterocycles. The minimum Gasteiger partial charge on any atom is -0.383 e. The molecule has 2 aromatic heterocycles. The summed E-state index contributed by atoms with van der Waals surface area (Å²) in [5.41, 5.74) is 7.20. The number of nitrogens with one attached hydrogen (secondary N) is 2. The van der Waals surface area contributed by atoms with Crippen LogP contribution in [0.4, 0.5) is 11.5 Å². The number of methoxy groups -OCH3 is 1. The fourth-order valence-electron chi connectivity index (χ4n) is 5.82. The molecule has 2 N–H and O–H groups in total. The quantitative estimate of drug-likeness (QED) is 0.359. The Bertz CT molecular complexity index is 1610. The van der Waals surface area contributed by atoms with Crippen molar-refractivity contribution in [2.45, 2.75) is 25.4 Å². The Morgan fingerprint density at radius 3 is 2.79 bits per heavy atom. The summed E-state index contributed by atoms with van der Waals surface area (Å²) in [6.07, 6.45) is 4.76. The lowest BCUT2D eigenvalue weighted by atomic mass is 9.94. The summed E-state index contributed by atoms with van der Waals surface area (Å²) >= 11 is 0. The summed E-state index contributed by atoms with van der Waals surface area (Å²) in [6, 6.07) is 13.8. The summed E-state index contributed by atoms with van der Waals surface area (Å²) < 4.78 is 7.43. The van der Waals surface area contributed by atoms with E-state index in [1.54, 1.807) is 13.4 Å². The lowest BCUT2D eigenvalue weighted by Crippen LogP contribution is -2.38. The lowest BCUT2D eigenvalue weighted by molar-refractivity contribution is -0.111. The van der Waals surface area contributed by atoms with Crippen molar-refractivity contribution in [3.63, 3.8) is 0 Å². The minimum atomic E-state index is -0.258. The summed E-state index contributed by atoms with van der Waals surface area (Å²) in [7, 11) is 3.67. The van der Waals surface area contributed by atoms with E-state index in [0.717, 1.165) is 64.2 Å². The second-order valence-electron chi connectivity index (χ2n) is 9.95. The van der Waals surface area contributed by atoms with E-state index in [1.165, 1.54) is 6.08 Å². The number of aromatic nitrogens is 3. The Morgan fingerprint density at radius 1 is 1.21 bits per heavy atom. The third-order valence-electron chi connectivity index (χ3n) is 7.64. The van der Waals surface area contributed by atoms with Gasteiger partial charge in [0, 0.05) is 44.1 Å². The zero-order chi connectivity index (χ0) is 27.1. The monoisotopic (exact) mass is 522 g/mol. The van der Waals surface area contributed by atoms with Gasteiger partial charge in [-0.3, -0.25) is 9.59 Å². The highest BCUT2D eigenvalue weighted by atomic mass is 16.5. The molecule has 1 atom stereocenters. The zero-order valence-corrected chi connectivity index (χ0v) is 22.0. The Hall–Kier alpha value is -4.50. The van der Waals surface area contributed by atoms with Gasteiger partial charge in [-0.05, 0) is 59.9 Å². The number of likely N-dealkylation sites (tertiary alicyclic amines) is 1. The first-order valence-corrected chi connectivity index (χ1v) is 13.0. The number of carbonyl (C=O) groups is 2. The van der Waals surface area contributed by atoms with Gasteiger partial charge in [-0.15, -0.1) is 0 Å². The molecule has 0 bridgehead atoms. The second kappa shape index (κ2) is 9.99. The normalized spacial score (nSPS) is 15.9. The van der Waals surface area contributed by atoms with Crippen molar-refractivity contribution in [2.75, 3.05) is 30.9 Å². The van der Waals surface area contributed by atoms with Gasteiger partial charge in [0.15, 0.2) is 0 Å². The first kappa shape index (κ1) is 24.8. The predicted octanol–water partition coefficient (Wildman–Crippen LogP) is 4.60. The van der Waals surface area contributed by atoms with Crippen LogP contribution >= 0.6 is 0 Å². The minimum absolute atomic E-state index is 0.0366. The van der Waals surface area contributed by atoms with Crippen LogP contribution in [-0.2, 0) is 23.1 Å². The molecule has 9 heteroatoms. The van der Waals surface area contributed by atoms with Crippen LogP contribution in [0.2, 0.25) is 0 Å².